The first-order valence-electron chi connectivity index (χ1n) is 8.36. The Balaban J connectivity index is 1.54. The van der Waals surface area contributed by atoms with Gasteiger partial charge in [-0.3, -0.25) is 9.59 Å². The maximum atomic E-state index is 12.3. The van der Waals surface area contributed by atoms with Crippen molar-refractivity contribution in [2.45, 2.75) is 54.4 Å². The molecule has 130 valence electrons. The van der Waals surface area contributed by atoms with Gasteiger partial charge in [-0.05, 0) is 25.0 Å². The van der Waals surface area contributed by atoms with Gasteiger partial charge in [-0.15, -0.1) is 0 Å². The average molecular weight is 349 g/mol. The van der Waals surface area contributed by atoms with Gasteiger partial charge >= 0.3 is 0 Å². The Morgan fingerprint density at radius 3 is 3.00 bits per heavy atom. The van der Waals surface area contributed by atoms with Crippen molar-refractivity contribution in [1.82, 2.24) is 10.3 Å². The number of rotatable bonds is 5. The smallest absolute Gasteiger partial charge is 0.238 e. The first-order valence-corrected chi connectivity index (χ1v) is 9.24. The van der Waals surface area contributed by atoms with E-state index in [1.54, 1.807) is 19.4 Å². The van der Waals surface area contributed by atoms with Crippen LogP contribution in [0.2, 0.25) is 0 Å². The van der Waals surface area contributed by atoms with Crippen molar-refractivity contribution < 1.29 is 14.3 Å². The topological polar surface area (TPSA) is 80.3 Å². The zero-order valence-electron chi connectivity index (χ0n) is 13.8. The van der Waals surface area contributed by atoms with E-state index in [1.807, 2.05) is 6.07 Å². The monoisotopic (exact) mass is 349 g/mol. The largest absolute Gasteiger partial charge is 0.376 e. The van der Waals surface area contributed by atoms with Crippen LogP contribution in [0, 0.1) is 0 Å². The summed E-state index contributed by atoms with van der Waals surface area (Å²) < 4.78 is 5.68. The number of nitrogens with one attached hydrogen (secondary N) is 2. The number of carbonyl (C=O) groups excluding carboxylic acids is 2. The molecule has 2 N–H and O–H groups in total. The third kappa shape index (κ3) is 3.89. The molecule has 1 saturated carbocycles. The van der Waals surface area contributed by atoms with Crippen LogP contribution in [-0.4, -0.2) is 41.3 Å². The van der Waals surface area contributed by atoms with E-state index in [-0.39, 0.29) is 23.8 Å². The van der Waals surface area contributed by atoms with Crippen LogP contribution in [-0.2, 0) is 14.3 Å². The highest BCUT2D eigenvalue weighted by Gasteiger charge is 2.34. The van der Waals surface area contributed by atoms with Gasteiger partial charge < -0.3 is 15.4 Å². The number of amides is 2. The second-order valence-corrected chi connectivity index (χ2v) is 7.57. The molecule has 1 aliphatic heterocycles. The van der Waals surface area contributed by atoms with Gasteiger partial charge in [-0.2, -0.15) is 0 Å². The summed E-state index contributed by atoms with van der Waals surface area (Å²) in [6.45, 7) is 0.510. The summed E-state index contributed by atoms with van der Waals surface area (Å²) in [5.74, 6) is -0.265. The van der Waals surface area contributed by atoms with Crippen LogP contribution in [0.3, 0.4) is 0 Å². The normalized spacial score (nSPS) is 22.4. The molecule has 1 atom stereocenters. The molecule has 1 aromatic rings. The van der Waals surface area contributed by atoms with Crippen molar-refractivity contribution in [2.24, 2.45) is 0 Å². The zero-order chi connectivity index (χ0) is 17.0. The predicted octanol–water partition coefficient (Wildman–Crippen LogP) is 2.35. The zero-order valence-corrected chi connectivity index (χ0v) is 14.7. The van der Waals surface area contributed by atoms with Crippen molar-refractivity contribution in [1.29, 1.82) is 0 Å². The quantitative estimate of drug-likeness (QED) is 0.853. The highest BCUT2D eigenvalue weighted by molar-refractivity contribution is 8.00. The van der Waals surface area contributed by atoms with Gasteiger partial charge in [-0.1, -0.05) is 31.0 Å². The summed E-state index contributed by atoms with van der Waals surface area (Å²) in [7, 11) is 1.71. The van der Waals surface area contributed by atoms with Gasteiger partial charge in [0.1, 0.15) is 5.03 Å². The minimum absolute atomic E-state index is 0.121. The lowest BCUT2D eigenvalue weighted by molar-refractivity contribution is -0.125. The van der Waals surface area contributed by atoms with Crippen molar-refractivity contribution in [3.05, 3.63) is 18.3 Å². The maximum Gasteiger partial charge on any atom is 0.238 e. The van der Waals surface area contributed by atoms with E-state index in [0.717, 1.165) is 30.7 Å². The molecule has 3 rings (SSSR count). The fourth-order valence-corrected chi connectivity index (χ4v) is 4.30. The average Bonchev–Trinajstić information content (AvgIpc) is 2.61. The van der Waals surface area contributed by atoms with E-state index in [0.29, 0.717) is 12.2 Å². The van der Waals surface area contributed by atoms with Crippen LogP contribution in [0.15, 0.2) is 23.4 Å². The number of carbonyl (C=O) groups is 2. The lowest BCUT2D eigenvalue weighted by Gasteiger charge is -2.36. The molecule has 1 aliphatic carbocycles. The van der Waals surface area contributed by atoms with Crippen LogP contribution in [0.25, 0.3) is 0 Å². The number of hydrogen-bond donors (Lipinski definition) is 2. The van der Waals surface area contributed by atoms with Crippen molar-refractivity contribution in [2.75, 3.05) is 19.0 Å². The van der Waals surface area contributed by atoms with E-state index in [2.05, 4.69) is 15.6 Å². The predicted molar refractivity (Wildman–Crippen MR) is 93.0 cm³/mol. The molecule has 6 nitrogen and oxygen atoms in total. The molecule has 0 radical (unpaired) electrons. The van der Waals surface area contributed by atoms with Crippen molar-refractivity contribution >= 4 is 29.3 Å². The SMILES string of the molecule is COC1(CNC(=O)CC2Sc3ncccc3NC2=O)CCCCC1. The molecule has 2 aliphatic rings. The van der Waals surface area contributed by atoms with Crippen molar-refractivity contribution in [3.63, 3.8) is 0 Å². The lowest BCUT2D eigenvalue weighted by atomic mass is 9.84. The van der Waals surface area contributed by atoms with Gasteiger partial charge in [0.05, 0.1) is 16.5 Å². The lowest BCUT2D eigenvalue weighted by Crippen LogP contribution is -2.46. The second-order valence-electron chi connectivity index (χ2n) is 6.38. The first kappa shape index (κ1) is 17.2. The molecular weight excluding hydrogens is 326 g/mol. The molecule has 0 bridgehead atoms. The summed E-state index contributed by atoms with van der Waals surface area (Å²) in [6.07, 6.45) is 7.27. The van der Waals surface area contributed by atoms with E-state index in [1.165, 1.54) is 18.2 Å². The standard InChI is InChI=1S/C17H23N3O3S/c1-23-17(7-3-2-4-8-17)11-19-14(21)10-13-15(22)20-12-6-5-9-18-16(12)24-13/h5-6,9,13H,2-4,7-8,10-11H2,1H3,(H,19,21)(H,20,22). The van der Waals surface area contributed by atoms with Crippen LogP contribution < -0.4 is 10.6 Å². The maximum absolute atomic E-state index is 12.3. The molecule has 1 unspecified atom stereocenters. The Labute approximate surface area is 146 Å². The first-order chi connectivity index (χ1) is 11.6. The number of pyridine rings is 1. The Morgan fingerprint density at radius 1 is 1.46 bits per heavy atom. The Bertz CT molecular complexity index is 617. The number of fused-ring (bicyclic) bond motifs is 1. The van der Waals surface area contributed by atoms with Gasteiger partial charge in [0, 0.05) is 26.3 Å². The Hall–Kier alpha value is -1.60. The Morgan fingerprint density at radius 2 is 2.25 bits per heavy atom. The minimum atomic E-state index is -0.447. The molecule has 0 saturated heterocycles. The molecule has 7 heteroatoms. The molecule has 24 heavy (non-hydrogen) atoms. The fourth-order valence-electron chi connectivity index (χ4n) is 3.27. The van der Waals surface area contributed by atoms with Crippen LogP contribution in [0.5, 0.6) is 0 Å². The molecule has 1 aromatic heterocycles. The number of aromatic nitrogens is 1. The van der Waals surface area contributed by atoms with Gasteiger partial charge in [-0.25, -0.2) is 4.98 Å². The highest BCUT2D eigenvalue weighted by Crippen LogP contribution is 2.35. The summed E-state index contributed by atoms with van der Waals surface area (Å²) in [6, 6.07) is 3.59. The highest BCUT2D eigenvalue weighted by atomic mass is 32.2. The van der Waals surface area contributed by atoms with Crippen molar-refractivity contribution in [3.8, 4) is 0 Å². The Kier molecular flexibility index (Phi) is 5.40. The summed E-state index contributed by atoms with van der Waals surface area (Å²) in [5, 5.41) is 6.08. The fraction of sp³-hybridized carbons (Fsp3) is 0.588. The number of nitrogens with zero attached hydrogens (tertiary/aromatic N) is 1. The van der Waals surface area contributed by atoms with E-state index in [4.69, 9.17) is 4.74 Å². The number of thioether (sulfide) groups is 1. The molecule has 0 spiro atoms. The summed E-state index contributed by atoms with van der Waals surface area (Å²) >= 11 is 1.34. The van der Waals surface area contributed by atoms with Gasteiger partial charge in [0.25, 0.3) is 0 Å². The van der Waals surface area contributed by atoms with E-state index in [9.17, 15) is 9.59 Å². The molecule has 1 fully saturated rings. The van der Waals surface area contributed by atoms with E-state index < -0.39 is 5.25 Å². The summed E-state index contributed by atoms with van der Waals surface area (Å²) in [4.78, 5) is 28.7. The number of anilines is 1. The molecule has 2 heterocycles. The third-order valence-corrected chi connectivity index (χ3v) is 5.97. The minimum Gasteiger partial charge on any atom is -0.376 e. The van der Waals surface area contributed by atoms with Crippen LogP contribution >= 0.6 is 11.8 Å². The second kappa shape index (κ2) is 7.53. The molecule has 0 aromatic carbocycles. The van der Waals surface area contributed by atoms with Gasteiger partial charge in [0.2, 0.25) is 11.8 Å². The number of ether oxygens (including phenoxy) is 1. The van der Waals surface area contributed by atoms with Gasteiger partial charge in [0.15, 0.2) is 0 Å². The molecular formula is C17H23N3O3S. The van der Waals surface area contributed by atoms with Crippen LogP contribution in [0.4, 0.5) is 5.69 Å². The molecule has 2 amide bonds. The summed E-state index contributed by atoms with van der Waals surface area (Å²) in [5.41, 5.74) is 0.467. The number of methoxy groups -OCH3 is 1. The van der Waals surface area contributed by atoms with E-state index >= 15 is 0 Å². The third-order valence-electron chi connectivity index (χ3n) is 4.75. The number of hydrogen-bond acceptors (Lipinski definition) is 5. The van der Waals surface area contributed by atoms with Crippen LogP contribution in [0.1, 0.15) is 38.5 Å².